The van der Waals surface area contributed by atoms with Crippen LogP contribution in [-0.2, 0) is 14.8 Å². The van der Waals surface area contributed by atoms with E-state index in [1.54, 1.807) is 25.1 Å². The first-order valence-electron chi connectivity index (χ1n) is 9.80. The van der Waals surface area contributed by atoms with E-state index in [4.69, 9.17) is 11.6 Å². The first kappa shape index (κ1) is 22.8. The SMILES string of the molecule is Cc1ccccc1[C@H](NC(=O)CN(c1ccc(Cl)cc1C)S(C)(=O)=O)c1ccccc1. The zero-order chi connectivity index (χ0) is 22.6. The summed E-state index contributed by atoms with van der Waals surface area (Å²) < 4.78 is 26.1. The van der Waals surface area contributed by atoms with Crippen molar-refractivity contribution in [1.29, 1.82) is 0 Å². The van der Waals surface area contributed by atoms with Crippen molar-refractivity contribution in [2.75, 3.05) is 17.1 Å². The lowest BCUT2D eigenvalue weighted by molar-refractivity contribution is -0.120. The van der Waals surface area contributed by atoms with Crippen molar-refractivity contribution < 1.29 is 13.2 Å². The lowest BCUT2D eigenvalue weighted by Gasteiger charge is -2.26. The fraction of sp³-hybridized carbons (Fsp3) is 0.208. The highest BCUT2D eigenvalue weighted by Crippen LogP contribution is 2.27. The van der Waals surface area contributed by atoms with E-state index in [1.807, 2.05) is 61.5 Å². The highest BCUT2D eigenvalue weighted by Gasteiger charge is 2.25. The van der Waals surface area contributed by atoms with Gasteiger partial charge >= 0.3 is 0 Å². The van der Waals surface area contributed by atoms with Crippen molar-refractivity contribution in [3.63, 3.8) is 0 Å². The number of nitrogens with one attached hydrogen (secondary N) is 1. The largest absolute Gasteiger partial charge is 0.344 e. The van der Waals surface area contributed by atoms with Crippen LogP contribution in [0.2, 0.25) is 5.02 Å². The van der Waals surface area contributed by atoms with Gasteiger partial charge in [-0.3, -0.25) is 9.10 Å². The van der Waals surface area contributed by atoms with Crippen LogP contribution in [0.15, 0.2) is 72.8 Å². The van der Waals surface area contributed by atoms with Gasteiger partial charge < -0.3 is 5.32 Å². The van der Waals surface area contributed by atoms with Gasteiger partial charge in [0.15, 0.2) is 0 Å². The number of sulfonamides is 1. The zero-order valence-corrected chi connectivity index (χ0v) is 19.2. The summed E-state index contributed by atoms with van der Waals surface area (Å²) in [5.74, 6) is -0.406. The van der Waals surface area contributed by atoms with Gasteiger partial charge in [0.25, 0.3) is 0 Å². The third-order valence-corrected chi connectivity index (χ3v) is 6.41. The number of carbonyl (C=O) groups is 1. The van der Waals surface area contributed by atoms with E-state index in [0.717, 1.165) is 27.3 Å². The molecule has 0 spiro atoms. The zero-order valence-electron chi connectivity index (χ0n) is 17.7. The number of halogens is 1. The second kappa shape index (κ2) is 9.54. The van der Waals surface area contributed by atoms with Crippen LogP contribution in [0.25, 0.3) is 0 Å². The number of aryl methyl sites for hydroxylation is 2. The molecule has 1 amide bonds. The van der Waals surface area contributed by atoms with E-state index in [2.05, 4.69) is 5.32 Å². The molecule has 1 N–H and O–H groups in total. The van der Waals surface area contributed by atoms with Crippen LogP contribution >= 0.6 is 11.6 Å². The fourth-order valence-electron chi connectivity index (χ4n) is 3.51. The molecule has 0 bridgehead atoms. The molecule has 1 atom stereocenters. The first-order valence-corrected chi connectivity index (χ1v) is 12.0. The highest BCUT2D eigenvalue weighted by atomic mass is 35.5. The average molecular weight is 457 g/mol. The van der Waals surface area contributed by atoms with Crippen LogP contribution in [0.1, 0.15) is 28.3 Å². The number of carbonyl (C=O) groups excluding carboxylic acids is 1. The van der Waals surface area contributed by atoms with E-state index in [1.165, 1.54) is 0 Å². The monoisotopic (exact) mass is 456 g/mol. The van der Waals surface area contributed by atoms with Gasteiger partial charge in [0.1, 0.15) is 6.54 Å². The molecule has 0 aliphatic heterocycles. The van der Waals surface area contributed by atoms with Crippen LogP contribution in [0.3, 0.4) is 0 Å². The van der Waals surface area contributed by atoms with E-state index >= 15 is 0 Å². The molecule has 7 heteroatoms. The standard InChI is InChI=1S/C24H25ClN2O3S/c1-17-9-7-8-12-21(17)24(19-10-5-4-6-11-19)26-23(28)16-27(31(3,29)30)22-14-13-20(25)15-18(22)2/h4-15,24H,16H2,1-3H3,(H,26,28)/t24-/m1/s1. The maximum atomic E-state index is 13.1. The second-order valence-electron chi connectivity index (χ2n) is 7.47. The van der Waals surface area contributed by atoms with Gasteiger partial charge in [0.05, 0.1) is 18.0 Å². The Kier molecular flexibility index (Phi) is 7.03. The normalized spacial score (nSPS) is 12.3. The molecule has 0 unspecified atom stereocenters. The summed E-state index contributed by atoms with van der Waals surface area (Å²) in [7, 11) is -3.69. The predicted octanol–water partition coefficient (Wildman–Crippen LogP) is 4.63. The molecule has 0 aliphatic carbocycles. The van der Waals surface area contributed by atoms with Crippen molar-refractivity contribution in [2.45, 2.75) is 19.9 Å². The highest BCUT2D eigenvalue weighted by molar-refractivity contribution is 7.92. The molecule has 31 heavy (non-hydrogen) atoms. The van der Waals surface area contributed by atoms with Crippen LogP contribution in [0, 0.1) is 13.8 Å². The maximum absolute atomic E-state index is 13.1. The van der Waals surface area contributed by atoms with Gasteiger partial charge in [-0.05, 0) is 54.3 Å². The summed E-state index contributed by atoms with van der Waals surface area (Å²) in [5.41, 5.74) is 4.00. The second-order valence-corrected chi connectivity index (χ2v) is 9.81. The van der Waals surface area contributed by atoms with Crippen molar-refractivity contribution in [1.82, 2.24) is 5.32 Å². The van der Waals surface area contributed by atoms with Crippen LogP contribution < -0.4 is 9.62 Å². The molecule has 0 saturated carbocycles. The van der Waals surface area contributed by atoms with E-state index in [9.17, 15) is 13.2 Å². The summed E-state index contributed by atoms with van der Waals surface area (Å²) in [5, 5.41) is 3.53. The number of anilines is 1. The quantitative estimate of drug-likeness (QED) is 0.563. The molecule has 0 aliphatic rings. The Morgan fingerprint density at radius 1 is 0.968 bits per heavy atom. The Balaban J connectivity index is 1.93. The number of hydrogen-bond acceptors (Lipinski definition) is 3. The number of amides is 1. The third-order valence-electron chi connectivity index (χ3n) is 5.05. The summed E-state index contributed by atoms with van der Waals surface area (Å²) in [4.78, 5) is 13.1. The maximum Gasteiger partial charge on any atom is 0.241 e. The number of benzene rings is 3. The van der Waals surface area contributed by atoms with Gasteiger partial charge in [0, 0.05) is 5.02 Å². The molecule has 0 heterocycles. The molecule has 0 fully saturated rings. The van der Waals surface area contributed by atoms with E-state index in [-0.39, 0.29) is 6.54 Å². The molecule has 0 saturated heterocycles. The van der Waals surface area contributed by atoms with Gasteiger partial charge in [-0.2, -0.15) is 0 Å². The summed E-state index contributed by atoms with van der Waals surface area (Å²) in [6.07, 6.45) is 1.09. The minimum atomic E-state index is -3.69. The lowest BCUT2D eigenvalue weighted by atomic mass is 9.95. The summed E-state index contributed by atoms with van der Waals surface area (Å²) in [6.45, 7) is 3.41. The topological polar surface area (TPSA) is 66.5 Å². The van der Waals surface area contributed by atoms with Crippen molar-refractivity contribution in [2.24, 2.45) is 0 Å². The summed E-state index contributed by atoms with van der Waals surface area (Å²) >= 11 is 6.01. The van der Waals surface area contributed by atoms with Gasteiger partial charge in [0.2, 0.25) is 15.9 Å². The Morgan fingerprint density at radius 3 is 2.23 bits per heavy atom. The van der Waals surface area contributed by atoms with Crippen LogP contribution in [-0.4, -0.2) is 27.1 Å². The van der Waals surface area contributed by atoms with E-state index in [0.29, 0.717) is 16.3 Å². The van der Waals surface area contributed by atoms with E-state index < -0.39 is 22.0 Å². The summed E-state index contributed by atoms with van der Waals surface area (Å²) in [6, 6.07) is 21.9. The Bertz CT molecular complexity index is 1180. The molecule has 162 valence electrons. The number of nitrogens with zero attached hydrogens (tertiary/aromatic N) is 1. The minimum absolute atomic E-state index is 0.337. The molecule has 0 radical (unpaired) electrons. The first-order chi connectivity index (χ1) is 14.7. The molecule has 3 aromatic rings. The van der Waals surface area contributed by atoms with Crippen molar-refractivity contribution >= 4 is 33.2 Å². The van der Waals surface area contributed by atoms with Gasteiger partial charge in [-0.1, -0.05) is 66.2 Å². The molecule has 0 aromatic heterocycles. The Labute approximate surface area is 188 Å². The molecule has 3 rings (SSSR count). The van der Waals surface area contributed by atoms with Crippen LogP contribution in [0.4, 0.5) is 5.69 Å². The fourth-order valence-corrected chi connectivity index (χ4v) is 4.65. The number of hydrogen-bond donors (Lipinski definition) is 1. The smallest absolute Gasteiger partial charge is 0.241 e. The lowest BCUT2D eigenvalue weighted by Crippen LogP contribution is -2.42. The molecular weight excluding hydrogens is 432 g/mol. The van der Waals surface area contributed by atoms with Gasteiger partial charge in [-0.25, -0.2) is 8.42 Å². The predicted molar refractivity (Wildman–Crippen MR) is 126 cm³/mol. The molecule has 3 aromatic carbocycles. The molecular formula is C24H25ClN2O3S. The molecule has 5 nitrogen and oxygen atoms in total. The van der Waals surface area contributed by atoms with Gasteiger partial charge in [-0.15, -0.1) is 0 Å². The Hall–Kier alpha value is -2.83. The Morgan fingerprint density at radius 2 is 1.61 bits per heavy atom. The number of rotatable bonds is 7. The van der Waals surface area contributed by atoms with Crippen molar-refractivity contribution in [3.8, 4) is 0 Å². The average Bonchev–Trinajstić information content (AvgIpc) is 2.71. The minimum Gasteiger partial charge on any atom is -0.344 e. The van der Waals surface area contributed by atoms with Crippen molar-refractivity contribution in [3.05, 3.63) is 100 Å². The van der Waals surface area contributed by atoms with Crippen LogP contribution in [0.5, 0.6) is 0 Å². The third kappa shape index (κ3) is 5.66.